The lowest BCUT2D eigenvalue weighted by molar-refractivity contribution is 0.633. The quantitative estimate of drug-likeness (QED) is 0.492. The molecule has 0 aliphatic rings. The normalized spacial score (nSPS) is 14.9. The maximum atomic E-state index is 2.25. The Morgan fingerprint density at radius 3 is 2.50 bits per heavy atom. The van der Waals surface area contributed by atoms with Crippen molar-refractivity contribution in [2.75, 3.05) is 0 Å². The first-order chi connectivity index (χ1) is 3.81. The van der Waals surface area contributed by atoms with Crippen LogP contribution in [0.1, 0.15) is 33.6 Å². The maximum Gasteiger partial charge on any atom is -0.0262 e. The van der Waals surface area contributed by atoms with Crippen molar-refractivity contribution in [2.24, 2.45) is 5.92 Å². The van der Waals surface area contributed by atoms with Gasteiger partial charge in [-0.15, -0.1) is 0 Å². The van der Waals surface area contributed by atoms with Gasteiger partial charge in [-0.25, -0.2) is 0 Å². The van der Waals surface area contributed by atoms with Crippen molar-refractivity contribution < 1.29 is 0 Å². The van der Waals surface area contributed by atoms with E-state index in [0.717, 1.165) is 5.92 Å². The molecule has 0 rings (SSSR count). The Bertz CT molecular complexity index is 62.4. The van der Waals surface area contributed by atoms with Gasteiger partial charge in [-0.1, -0.05) is 32.4 Å². The first-order valence-electron chi connectivity index (χ1n) is 3.44. The fraction of sp³-hybridized carbons (Fsp3) is 0.750. The molecule has 8 heavy (non-hydrogen) atoms. The van der Waals surface area contributed by atoms with Crippen LogP contribution in [0.3, 0.4) is 0 Å². The number of rotatable bonds is 3. The molecule has 0 aliphatic carbocycles. The fourth-order valence-corrected chi connectivity index (χ4v) is 0.880. The van der Waals surface area contributed by atoms with E-state index >= 15 is 0 Å². The molecule has 0 saturated carbocycles. The van der Waals surface area contributed by atoms with Crippen LogP contribution in [0.25, 0.3) is 0 Å². The van der Waals surface area contributed by atoms with Crippen LogP contribution in [0.4, 0.5) is 0 Å². The molecule has 0 bridgehead atoms. The summed E-state index contributed by atoms with van der Waals surface area (Å²) in [5, 5.41) is 0. The third-order valence-corrected chi connectivity index (χ3v) is 1.26. The Balaban J connectivity index is 3.17. The first-order valence-corrected chi connectivity index (χ1v) is 3.44. The van der Waals surface area contributed by atoms with Gasteiger partial charge in [-0.3, -0.25) is 0 Å². The lowest BCUT2D eigenvalue weighted by atomic mass is 10.1. The summed E-state index contributed by atoms with van der Waals surface area (Å²) in [6.07, 6.45) is 7.00. The van der Waals surface area contributed by atoms with Gasteiger partial charge in [0.1, 0.15) is 0 Å². The SMILES string of the molecule is C/C=C\[C@H](C)CCC. The molecule has 0 saturated heterocycles. The molecule has 0 heteroatoms. The van der Waals surface area contributed by atoms with E-state index in [4.69, 9.17) is 0 Å². The number of hydrogen-bond donors (Lipinski definition) is 0. The van der Waals surface area contributed by atoms with E-state index in [1.807, 2.05) is 0 Å². The van der Waals surface area contributed by atoms with Gasteiger partial charge in [-0.2, -0.15) is 0 Å². The van der Waals surface area contributed by atoms with Crippen LogP contribution in [0.2, 0.25) is 0 Å². The molecule has 0 aromatic carbocycles. The molecule has 0 amide bonds. The number of hydrogen-bond acceptors (Lipinski definition) is 0. The van der Waals surface area contributed by atoms with Crippen molar-refractivity contribution in [3.63, 3.8) is 0 Å². The fourth-order valence-electron chi connectivity index (χ4n) is 0.880. The molecule has 0 nitrogen and oxygen atoms in total. The lowest BCUT2D eigenvalue weighted by Crippen LogP contribution is -1.85. The van der Waals surface area contributed by atoms with E-state index in [1.54, 1.807) is 0 Å². The minimum Gasteiger partial charge on any atom is -0.0914 e. The monoisotopic (exact) mass is 112 g/mol. The predicted octanol–water partition coefficient (Wildman–Crippen LogP) is 3.00. The van der Waals surface area contributed by atoms with E-state index in [0.29, 0.717) is 0 Å². The van der Waals surface area contributed by atoms with Crippen LogP contribution in [0, 0.1) is 5.92 Å². The van der Waals surface area contributed by atoms with Crippen LogP contribution in [-0.2, 0) is 0 Å². The average molecular weight is 112 g/mol. The molecule has 0 aromatic heterocycles. The van der Waals surface area contributed by atoms with E-state index in [2.05, 4.69) is 32.9 Å². The third-order valence-electron chi connectivity index (χ3n) is 1.26. The topological polar surface area (TPSA) is 0 Å². The Morgan fingerprint density at radius 2 is 2.12 bits per heavy atom. The Kier molecular flexibility index (Phi) is 4.73. The molecule has 0 fully saturated rings. The summed E-state index contributed by atoms with van der Waals surface area (Å²) >= 11 is 0. The Morgan fingerprint density at radius 1 is 1.50 bits per heavy atom. The highest BCUT2D eigenvalue weighted by Gasteiger charge is 1.90. The second kappa shape index (κ2) is 4.89. The van der Waals surface area contributed by atoms with Crippen molar-refractivity contribution in [2.45, 2.75) is 33.6 Å². The van der Waals surface area contributed by atoms with Crippen LogP contribution >= 0.6 is 0 Å². The van der Waals surface area contributed by atoms with Gasteiger partial charge in [0.25, 0.3) is 0 Å². The summed E-state index contributed by atoms with van der Waals surface area (Å²) in [4.78, 5) is 0. The van der Waals surface area contributed by atoms with Crippen molar-refractivity contribution in [3.8, 4) is 0 Å². The minimum absolute atomic E-state index is 0.782. The van der Waals surface area contributed by atoms with Gasteiger partial charge >= 0.3 is 0 Å². The van der Waals surface area contributed by atoms with Crippen LogP contribution in [-0.4, -0.2) is 0 Å². The lowest BCUT2D eigenvalue weighted by Gasteiger charge is -1.99. The van der Waals surface area contributed by atoms with Crippen LogP contribution < -0.4 is 0 Å². The van der Waals surface area contributed by atoms with Gasteiger partial charge in [0.15, 0.2) is 0 Å². The van der Waals surface area contributed by atoms with Crippen molar-refractivity contribution in [1.82, 2.24) is 0 Å². The summed E-state index contributed by atoms with van der Waals surface area (Å²) in [7, 11) is 0. The van der Waals surface area contributed by atoms with Gasteiger partial charge < -0.3 is 0 Å². The van der Waals surface area contributed by atoms with E-state index in [9.17, 15) is 0 Å². The van der Waals surface area contributed by atoms with Gasteiger partial charge in [0.2, 0.25) is 0 Å². The van der Waals surface area contributed by atoms with Crippen molar-refractivity contribution >= 4 is 0 Å². The molecule has 0 unspecified atom stereocenters. The second-order valence-corrected chi connectivity index (χ2v) is 2.29. The third kappa shape index (κ3) is 3.91. The van der Waals surface area contributed by atoms with E-state index < -0.39 is 0 Å². The number of allylic oxidation sites excluding steroid dienone is 2. The van der Waals surface area contributed by atoms with E-state index in [1.165, 1.54) is 12.8 Å². The molecule has 1 atom stereocenters. The zero-order valence-corrected chi connectivity index (χ0v) is 6.15. The van der Waals surface area contributed by atoms with Crippen molar-refractivity contribution in [1.29, 1.82) is 0 Å². The highest BCUT2D eigenvalue weighted by Crippen LogP contribution is 2.05. The molecular formula is C8H16. The summed E-state index contributed by atoms with van der Waals surface area (Å²) in [5.74, 6) is 0.782. The van der Waals surface area contributed by atoms with Gasteiger partial charge in [0.05, 0.1) is 0 Å². The summed E-state index contributed by atoms with van der Waals surface area (Å²) in [6.45, 7) is 6.55. The Labute approximate surface area is 52.6 Å². The van der Waals surface area contributed by atoms with E-state index in [-0.39, 0.29) is 0 Å². The summed E-state index contributed by atoms with van der Waals surface area (Å²) < 4.78 is 0. The molecule has 0 aromatic rings. The zero-order valence-electron chi connectivity index (χ0n) is 6.15. The highest BCUT2D eigenvalue weighted by atomic mass is 14.0. The largest absolute Gasteiger partial charge is 0.0914 e. The molecule has 0 heterocycles. The van der Waals surface area contributed by atoms with Crippen LogP contribution in [0.5, 0.6) is 0 Å². The second-order valence-electron chi connectivity index (χ2n) is 2.29. The molecule has 0 spiro atoms. The predicted molar refractivity (Wildman–Crippen MR) is 38.9 cm³/mol. The average Bonchev–Trinajstić information content (AvgIpc) is 1.68. The summed E-state index contributed by atoms with van der Waals surface area (Å²) in [6, 6.07) is 0. The van der Waals surface area contributed by atoms with Crippen LogP contribution in [0.15, 0.2) is 12.2 Å². The molecule has 0 radical (unpaired) electrons. The molecule has 48 valence electrons. The maximum absolute atomic E-state index is 2.25. The zero-order chi connectivity index (χ0) is 6.41. The molecule has 0 N–H and O–H groups in total. The standard InChI is InChI=1S/C8H16/c1-4-6-8(3)7-5-2/h4,6,8H,5,7H2,1-3H3/b6-4-/t8-/m0/s1. The highest BCUT2D eigenvalue weighted by molar-refractivity contribution is 4.82. The first kappa shape index (κ1) is 7.74. The minimum atomic E-state index is 0.782. The summed E-state index contributed by atoms with van der Waals surface area (Å²) in [5.41, 5.74) is 0. The molecular weight excluding hydrogens is 96.1 g/mol. The Hall–Kier alpha value is -0.260. The smallest absolute Gasteiger partial charge is 0.0262 e. The van der Waals surface area contributed by atoms with Crippen molar-refractivity contribution in [3.05, 3.63) is 12.2 Å². The van der Waals surface area contributed by atoms with Gasteiger partial charge in [-0.05, 0) is 19.3 Å². The van der Waals surface area contributed by atoms with Gasteiger partial charge in [0, 0.05) is 0 Å². The molecule has 0 aliphatic heterocycles.